The van der Waals surface area contributed by atoms with Crippen LogP contribution in [-0.4, -0.2) is 40.4 Å². The van der Waals surface area contributed by atoms with Crippen molar-refractivity contribution in [3.63, 3.8) is 0 Å². The maximum Gasteiger partial charge on any atom is 0.326 e. The molecule has 0 spiro atoms. The average Bonchev–Trinajstić information content (AvgIpc) is 2.45. The smallest absolute Gasteiger partial charge is 0.326 e. The maximum atomic E-state index is 11.6. The first-order chi connectivity index (χ1) is 10.0. The fourth-order valence-corrected chi connectivity index (χ4v) is 2.16. The molecule has 0 bridgehead atoms. The van der Waals surface area contributed by atoms with Gasteiger partial charge in [0.15, 0.2) is 0 Å². The minimum Gasteiger partial charge on any atom is -0.480 e. The zero-order valence-corrected chi connectivity index (χ0v) is 12.5. The number of thioether (sulfide) groups is 1. The molecule has 1 aromatic rings. The summed E-state index contributed by atoms with van der Waals surface area (Å²) in [6.07, 6.45) is 0.320. The Morgan fingerprint density at radius 2 is 1.76 bits per heavy atom. The van der Waals surface area contributed by atoms with Crippen LogP contribution >= 0.6 is 11.8 Å². The Labute approximate surface area is 127 Å². The Bertz CT molecular complexity index is 493. The number of para-hydroxylation sites is 1. The van der Waals surface area contributed by atoms with Gasteiger partial charge in [-0.1, -0.05) is 25.1 Å². The molecule has 1 rings (SSSR count). The van der Waals surface area contributed by atoms with Crippen LogP contribution in [0, 0.1) is 0 Å². The highest BCUT2D eigenvalue weighted by Crippen LogP contribution is 2.07. The molecular weight excluding hydrogens is 292 g/mol. The lowest BCUT2D eigenvalue weighted by atomic mass is 10.2. The maximum absolute atomic E-state index is 11.6. The van der Waals surface area contributed by atoms with Crippen LogP contribution < -0.4 is 10.6 Å². The number of hydrogen-bond acceptors (Lipinski definition) is 4. The quantitative estimate of drug-likeness (QED) is 0.673. The van der Waals surface area contributed by atoms with E-state index in [1.807, 2.05) is 18.2 Å². The van der Waals surface area contributed by atoms with Crippen LogP contribution in [0.4, 0.5) is 5.69 Å². The molecule has 6 nitrogen and oxygen atoms in total. The molecule has 1 unspecified atom stereocenters. The summed E-state index contributed by atoms with van der Waals surface area (Å²) < 4.78 is 0. The highest BCUT2D eigenvalue weighted by Gasteiger charge is 2.17. The van der Waals surface area contributed by atoms with E-state index in [0.29, 0.717) is 12.1 Å². The summed E-state index contributed by atoms with van der Waals surface area (Å²) in [7, 11) is 0. The molecule has 0 aromatic heterocycles. The van der Waals surface area contributed by atoms with E-state index in [4.69, 9.17) is 5.11 Å². The van der Waals surface area contributed by atoms with Crippen molar-refractivity contribution in [1.29, 1.82) is 0 Å². The molecule has 1 aromatic carbocycles. The third-order valence-corrected chi connectivity index (χ3v) is 3.50. The molecular formula is C14H18N2O4S. The summed E-state index contributed by atoms with van der Waals surface area (Å²) in [5.74, 6) is -1.47. The van der Waals surface area contributed by atoms with Crippen molar-refractivity contribution in [3.05, 3.63) is 30.3 Å². The van der Waals surface area contributed by atoms with E-state index in [9.17, 15) is 14.4 Å². The lowest BCUT2D eigenvalue weighted by molar-refractivity contribution is -0.141. The second-order valence-corrected chi connectivity index (χ2v) is 5.26. The Balaban J connectivity index is 2.25. The van der Waals surface area contributed by atoms with Gasteiger partial charge in [-0.15, -0.1) is 11.8 Å². The fraction of sp³-hybridized carbons (Fsp3) is 0.357. The van der Waals surface area contributed by atoms with Gasteiger partial charge >= 0.3 is 5.97 Å². The van der Waals surface area contributed by atoms with Crippen LogP contribution in [-0.2, 0) is 14.4 Å². The van der Waals surface area contributed by atoms with Crippen LogP contribution in [0.15, 0.2) is 30.3 Å². The normalized spacial score (nSPS) is 11.5. The number of benzene rings is 1. The Kier molecular flexibility index (Phi) is 7.31. The first-order valence-corrected chi connectivity index (χ1v) is 7.63. The lowest BCUT2D eigenvalue weighted by Gasteiger charge is -2.11. The molecule has 3 N–H and O–H groups in total. The summed E-state index contributed by atoms with van der Waals surface area (Å²) >= 11 is 1.14. The molecule has 0 aliphatic carbocycles. The number of anilines is 1. The Hall–Kier alpha value is -2.02. The number of carboxylic acids is 1. The van der Waals surface area contributed by atoms with E-state index in [1.54, 1.807) is 19.1 Å². The van der Waals surface area contributed by atoms with E-state index in [-0.39, 0.29) is 23.3 Å². The zero-order chi connectivity index (χ0) is 15.7. The molecule has 0 aliphatic heterocycles. The summed E-state index contributed by atoms with van der Waals surface area (Å²) in [4.78, 5) is 33.9. The minimum absolute atomic E-state index is 0.0476. The Morgan fingerprint density at radius 1 is 1.14 bits per heavy atom. The van der Waals surface area contributed by atoms with Crippen molar-refractivity contribution < 1.29 is 19.5 Å². The van der Waals surface area contributed by atoms with Crippen LogP contribution in [0.1, 0.15) is 13.3 Å². The summed E-state index contributed by atoms with van der Waals surface area (Å²) in [5.41, 5.74) is 0.699. The molecule has 0 saturated carbocycles. The first-order valence-electron chi connectivity index (χ1n) is 6.47. The average molecular weight is 310 g/mol. The number of amides is 2. The van der Waals surface area contributed by atoms with E-state index in [2.05, 4.69) is 10.6 Å². The van der Waals surface area contributed by atoms with Gasteiger partial charge in [0, 0.05) is 5.69 Å². The molecule has 0 fully saturated rings. The van der Waals surface area contributed by atoms with Crippen molar-refractivity contribution in [1.82, 2.24) is 5.32 Å². The van der Waals surface area contributed by atoms with E-state index >= 15 is 0 Å². The monoisotopic (exact) mass is 310 g/mol. The minimum atomic E-state index is -1.06. The van der Waals surface area contributed by atoms with Gasteiger partial charge in [-0.25, -0.2) is 4.79 Å². The van der Waals surface area contributed by atoms with E-state index in [0.717, 1.165) is 11.8 Å². The fourth-order valence-electron chi connectivity index (χ4n) is 1.53. The van der Waals surface area contributed by atoms with Gasteiger partial charge < -0.3 is 15.7 Å². The van der Waals surface area contributed by atoms with Crippen molar-refractivity contribution in [3.8, 4) is 0 Å². The third-order valence-electron chi connectivity index (χ3n) is 2.57. The number of carbonyl (C=O) groups is 3. The van der Waals surface area contributed by atoms with Gasteiger partial charge in [0.2, 0.25) is 11.8 Å². The number of rotatable bonds is 8. The third kappa shape index (κ3) is 6.80. The topological polar surface area (TPSA) is 95.5 Å². The highest BCUT2D eigenvalue weighted by atomic mass is 32.2. The van der Waals surface area contributed by atoms with Crippen molar-refractivity contribution >= 4 is 35.2 Å². The van der Waals surface area contributed by atoms with Crippen LogP contribution in [0.3, 0.4) is 0 Å². The van der Waals surface area contributed by atoms with Gasteiger partial charge in [0.05, 0.1) is 11.5 Å². The summed E-state index contributed by atoms with van der Waals surface area (Å²) in [6.45, 7) is 1.68. The van der Waals surface area contributed by atoms with Gasteiger partial charge in [-0.2, -0.15) is 0 Å². The molecule has 21 heavy (non-hydrogen) atoms. The van der Waals surface area contributed by atoms with Gasteiger partial charge in [0.25, 0.3) is 0 Å². The van der Waals surface area contributed by atoms with Crippen molar-refractivity contribution in [2.45, 2.75) is 19.4 Å². The van der Waals surface area contributed by atoms with Gasteiger partial charge in [-0.3, -0.25) is 9.59 Å². The second-order valence-electron chi connectivity index (χ2n) is 4.27. The number of hydrogen-bond donors (Lipinski definition) is 3. The lowest BCUT2D eigenvalue weighted by Crippen LogP contribution is -2.41. The van der Waals surface area contributed by atoms with Crippen molar-refractivity contribution in [2.24, 2.45) is 0 Å². The standard InChI is InChI=1S/C14H18N2O4S/c1-2-11(14(19)20)16-13(18)9-21-8-12(17)15-10-6-4-3-5-7-10/h3-7,11H,2,8-9H2,1H3,(H,15,17)(H,16,18)(H,19,20). The van der Waals surface area contributed by atoms with Gasteiger partial charge in [-0.05, 0) is 18.6 Å². The number of carbonyl (C=O) groups excluding carboxylic acids is 2. The molecule has 0 heterocycles. The predicted octanol–water partition coefficient (Wildman–Crippen LogP) is 1.34. The molecule has 1 atom stereocenters. The summed E-state index contributed by atoms with van der Waals surface area (Å²) in [6, 6.07) is 8.14. The molecule has 7 heteroatoms. The number of aliphatic carboxylic acids is 1. The predicted molar refractivity (Wildman–Crippen MR) is 82.3 cm³/mol. The summed E-state index contributed by atoms with van der Waals surface area (Å²) in [5, 5.41) is 13.9. The largest absolute Gasteiger partial charge is 0.480 e. The van der Waals surface area contributed by atoms with Crippen LogP contribution in [0.25, 0.3) is 0 Å². The molecule has 2 amide bonds. The number of nitrogens with one attached hydrogen (secondary N) is 2. The zero-order valence-electron chi connectivity index (χ0n) is 11.7. The molecule has 0 saturated heterocycles. The molecule has 114 valence electrons. The molecule has 0 radical (unpaired) electrons. The second kappa shape index (κ2) is 9.02. The SMILES string of the molecule is CCC(NC(=O)CSCC(=O)Nc1ccccc1)C(=O)O. The van der Waals surface area contributed by atoms with E-state index in [1.165, 1.54) is 0 Å². The molecule has 0 aliphatic rings. The Morgan fingerprint density at radius 3 is 2.33 bits per heavy atom. The first kappa shape index (κ1) is 17.0. The van der Waals surface area contributed by atoms with Gasteiger partial charge in [0.1, 0.15) is 6.04 Å². The highest BCUT2D eigenvalue weighted by molar-refractivity contribution is 8.00. The number of carboxylic acid groups (broad SMARTS) is 1. The van der Waals surface area contributed by atoms with E-state index < -0.39 is 12.0 Å². The van der Waals surface area contributed by atoms with Crippen molar-refractivity contribution in [2.75, 3.05) is 16.8 Å². The van der Waals surface area contributed by atoms with Crippen LogP contribution in [0.2, 0.25) is 0 Å². The van der Waals surface area contributed by atoms with Crippen LogP contribution in [0.5, 0.6) is 0 Å².